The highest BCUT2D eigenvalue weighted by molar-refractivity contribution is 6.38. The molecule has 308 valence electrons. The molecule has 2 aromatic rings. The molecule has 6 amide bonds. The lowest BCUT2D eigenvalue weighted by Gasteiger charge is -2.31. The van der Waals surface area contributed by atoms with E-state index in [1.54, 1.807) is 37.3 Å². The van der Waals surface area contributed by atoms with Gasteiger partial charge < -0.3 is 41.7 Å². The fourth-order valence-corrected chi connectivity index (χ4v) is 7.18. The van der Waals surface area contributed by atoms with Gasteiger partial charge in [0.2, 0.25) is 35.3 Å². The van der Waals surface area contributed by atoms with Crippen LogP contribution in [0.1, 0.15) is 94.7 Å². The Morgan fingerprint density at radius 1 is 0.842 bits per heavy atom. The molecule has 0 aromatic heterocycles. The standard InChI is InChI=1S/C41H54N6O10/c1-2-13-30(36(51)40(55)43-23-33(48)46-35(37(42)52)27-16-8-4-9-17-27)44-39(54)32-22-29(57-25-26-14-6-3-7-15-26)24-47(32)41(56)31(20-12-21-34(49)50)45-38(53)28-18-10-5-11-19-28/h3-4,6-9,14-17,28-32,35H,2,5,10-13,18-25H2,1H3,(H2,42,52)(H,43,55)(H,44,54)(H,45,53)(H,46,48)(H,49,50). The zero-order chi connectivity index (χ0) is 41.3. The Hall–Kier alpha value is -5.64. The number of ketones is 1. The maximum Gasteiger partial charge on any atom is 0.303 e. The van der Waals surface area contributed by atoms with Crippen LogP contribution in [0.15, 0.2) is 60.7 Å². The summed E-state index contributed by atoms with van der Waals surface area (Å²) >= 11 is 0. The van der Waals surface area contributed by atoms with Crippen LogP contribution in [-0.4, -0.2) is 94.5 Å². The van der Waals surface area contributed by atoms with E-state index >= 15 is 0 Å². The van der Waals surface area contributed by atoms with Crippen LogP contribution >= 0.6 is 0 Å². The molecular weight excluding hydrogens is 736 g/mol. The first-order chi connectivity index (χ1) is 27.4. The number of nitrogens with one attached hydrogen (secondary N) is 4. The number of carbonyl (C=O) groups is 8. The molecule has 16 nitrogen and oxygen atoms in total. The molecule has 1 aliphatic heterocycles. The topological polar surface area (TPSA) is 243 Å². The average molecular weight is 791 g/mol. The Morgan fingerprint density at radius 2 is 1.49 bits per heavy atom. The van der Waals surface area contributed by atoms with Crippen LogP contribution in [0.25, 0.3) is 0 Å². The van der Waals surface area contributed by atoms with E-state index in [0.717, 1.165) is 24.8 Å². The smallest absolute Gasteiger partial charge is 0.303 e. The predicted molar refractivity (Wildman–Crippen MR) is 207 cm³/mol. The molecule has 0 spiro atoms. The minimum absolute atomic E-state index is 0.0181. The number of carbonyl (C=O) groups excluding carboxylic acids is 7. The molecule has 57 heavy (non-hydrogen) atoms. The summed E-state index contributed by atoms with van der Waals surface area (Å²) in [6.07, 6.45) is 3.94. The lowest BCUT2D eigenvalue weighted by molar-refractivity contribution is -0.144. The first-order valence-corrected chi connectivity index (χ1v) is 19.6. The number of carboxylic acid groups (broad SMARTS) is 1. The minimum atomic E-state index is -1.31. The summed E-state index contributed by atoms with van der Waals surface area (Å²) in [4.78, 5) is 105. The van der Waals surface area contributed by atoms with Gasteiger partial charge >= 0.3 is 5.97 Å². The Balaban J connectivity index is 1.47. The summed E-state index contributed by atoms with van der Waals surface area (Å²) in [5, 5.41) is 19.5. The molecule has 0 bridgehead atoms. The molecule has 2 aromatic carbocycles. The zero-order valence-corrected chi connectivity index (χ0v) is 32.3. The number of benzene rings is 2. The Morgan fingerprint density at radius 3 is 2.12 bits per heavy atom. The second-order valence-corrected chi connectivity index (χ2v) is 14.6. The third-order valence-electron chi connectivity index (χ3n) is 10.2. The summed E-state index contributed by atoms with van der Waals surface area (Å²) in [5.41, 5.74) is 6.76. The third kappa shape index (κ3) is 13.5. The number of rotatable bonds is 21. The van der Waals surface area contributed by atoms with E-state index in [4.69, 9.17) is 10.5 Å². The normalized spacial score (nSPS) is 18.4. The number of amides is 6. The van der Waals surface area contributed by atoms with Crippen molar-refractivity contribution in [2.75, 3.05) is 13.1 Å². The molecule has 16 heteroatoms. The number of Topliss-reactive ketones (excluding diaryl/α,β-unsaturated/α-hetero) is 1. The number of hydrogen-bond acceptors (Lipinski definition) is 9. The van der Waals surface area contributed by atoms with Gasteiger partial charge in [-0.05, 0) is 43.2 Å². The van der Waals surface area contributed by atoms with E-state index in [1.165, 1.54) is 4.90 Å². The first-order valence-electron chi connectivity index (χ1n) is 19.6. The van der Waals surface area contributed by atoms with Crippen LogP contribution in [0.3, 0.4) is 0 Å². The van der Waals surface area contributed by atoms with Crippen LogP contribution in [0.5, 0.6) is 0 Å². The lowest BCUT2D eigenvalue weighted by Crippen LogP contribution is -2.57. The number of nitrogens with zero attached hydrogens (tertiary/aromatic N) is 1. The van der Waals surface area contributed by atoms with Crippen LogP contribution in [0.2, 0.25) is 0 Å². The fraction of sp³-hybridized carbons (Fsp3) is 0.512. The van der Waals surface area contributed by atoms with E-state index in [2.05, 4.69) is 21.3 Å². The van der Waals surface area contributed by atoms with Crippen LogP contribution in [0.4, 0.5) is 0 Å². The van der Waals surface area contributed by atoms with E-state index in [1.807, 2.05) is 30.3 Å². The fourth-order valence-electron chi connectivity index (χ4n) is 7.18. The van der Waals surface area contributed by atoms with E-state index in [9.17, 15) is 43.5 Å². The summed E-state index contributed by atoms with van der Waals surface area (Å²) in [6, 6.07) is 12.8. The molecule has 0 radical (unpaired) electrons. The lowest BCUT2D eigenvalue weighted by atomic mass is 9.88. The second-order valence-electron chi connectivity index (χ2n) is 14.6. The van der Waals surface area contributed by atoms with Crippen molar-refractivity contribution in [3.63, 3.8) is 0 Å². The van der Waals surface area contributed by atoms with Crippen LogP contribution < -0.4 is 27.0 Å². The van der Waals surface area contributed by atoms with Gasteiger partial charge in [-0.25, -0.2) is 0 Å². The van der Waals surface area contributed by atoms with Gasteiger partial charge in [0.25, 0.3) is 5.91 Å². The molecule has 5 unspecified atom stereocenters. The zero-order valence-electron chi connectivity index (χ0n) is 32.3. The molecule has 7 N–H and O–H groups in total. The largest absolute Gasteiger partial charge is 0.481 e. The van der Waals surface area contributed by atoms with Crippen molar-refractivity contribution < 1.29 is 48.2 Å². The van der Waals surface area contributed by atoms with Gasteiger partial charge in [-0.2, -0.15) is 0 Å². The summed E-state index contributed by atoms with van der Waals surface area (Å²) in [7, 11) is 0. The number of aliphatic carboxylic acids is 1. The van der Waals surface area contributed by atoms with Crippen molar-refractivity contribution >= 4 is 47.2 Å². The summed E-state index contributed by atoms with van der Waals surface area (Å²) in [5.74, 6) is -6.70. The second kappa shape index (κ2) is 22.2. The highest BCUT2D eigenvalue weighted by Crippen LogP contribution is 2.26. The molecular formula is C41H54N6O10. The molecule has 5 atom stereocenters. The SMILES string of the molecule is CCCC(NC(=O)C1CC(OCc2ccccc2)CN1C(=O)C(CCCC(=O)O)NC(=O)C1CCCCC1)C(=O)C(=O)NCC(=O)NC(C(N)=O)c1ccccc1. The number of hydrogen-bond donors (Lipinski definition) is 6. The molecule has 4 rings (SSSR count). The summed E-state index contributed by atoms with van der Waals surface area (Å²) in [6.45, 7) is 1.27. The maximum atomic E-state index is 14.3. The number of likely N-dealkylation sites (tertiary alicyclic amines) is 1. The van der Waals surface area contributed by atoms with E-state index < -0.39 is 78.1 Å². The first kappa shape index (κ1) is 44.1. The van der Waals surface area contributed by atoms with Crippen molar-refractivity contribution in [2.24, 2.45) is 11.7 Å². The van der Waals surface area contributed by atoms with Crippen LogP contribution in [-0.2, 0) is 49.7 Å². The Labute approximate surface area is 332 Å². The predicted octanol–water partition coefficient (Wildman–Crippen LogP) is 1.81. The average Bonchev–Trinajstić information content (AvgIpc) is 3.65. The van der Waals surface area contributed by atoms with E-state index in [0.29, 0.717) is 24.8 Å². The van der Waals surface area contributed by atoms with Gasteiger partial charge in [0.1, 0.15) is 18.1 Å². The highest BCUT2D eigenvalue weighted by Gasteiger charge is 2.44. The van der Waals surface area contributed by atoms with Gasteiger partial charge in [0.15, 0.2) is 0 Å². The van der Waals surface area contributed by atoms with Crippen LogP contribution in [0, 0.1) is 5.92 Å². The van der Waals surface area contributed by atoms with Crippen molar-refractivity contribution in [1.29, 1.82) is 0 Å². The third-order valence-corrected chi connectivity index (χ3v) is 10.2. The van der Waals surface area contributed by atoms with Crippen molar-refractivity contribution in [3.8, 4) is 0 Å². The maximum absolute atomic E-state index is 14.3. The molecule has 1 saturated heterocycles. The Kier molecular flexibility index (Phi) is 17.2. The molecule has 1 aliphatic carbocycles. The number of carboxylic acids is 1. The van der Waals surface area contributed by atoms with E-state index in [-0.39, 0.29) is 57.1 Å². The molecule has 1 saturated carbocycles. The van der Waals surface area contributed by atoms with Crippen molar-refractivity contribution in [2.45, 2.75) is 114 Å². The van der Waals surface area contributed by atoms with Crippen molar-refractivity contribution in [1.82, 2.24) is 26.2 Å². The Bertz CT molecular complexity index is 1720. The molecule has 2 aliphatic rings. The molecule has 1 heterocycles. The minimum Gasteiger partial charge on any atom is -0.481 e. The van der Waals surface area contributed by atoms with Gasteiger partial charge in [-0.15, -0.1) is 0 Å². The number of ether oxygens (including phenoxy) is 1. The van der Waals surface area contributed by atoms with Gasteiger partial charge in [0.05, 0.1) is 25.3 Å². The van der Waals surface area contributed by atoms with Gasteiger partial charge in [-0.1, -0.05) is 93.3 Å². The monoisotopic (exact) mass is 790 g/mol. The van der Waals surface area contributed by atoms with Crippen molar-refractivity contribution in [3.05, 3.63) is 71.8 Å². The quantitative estimate of drug-likeness (QED) is 0.100. The highest BCUT2D eigenvalue weighted by atomic mass is 16.5. The van der Waals surface area contributed by atoms with Gasteiger partial charge in [0, 0.05) is 25.3 Å². The summed E-state index contributed by atoms with van der Waals surface area (Å²) < 4.78 is 6.14. The molecule has 2 fully saturated rings. The number of nitrogens with two attached hydrogens (primary N) is 1. The number of primary amides is 1. The van der Waals surface area contributed by atoms with Gasteiger partial charge in [-0.3, -0.25) is 38.4 Å².